The standard InChI is InChI=1S/C25H38N2O3/c1-20-11-7-8-12-22(20)17-27(21(2)19-28-5)18-23-13-9-14-24(29-6)25(23)30-16-10-15-26(3)4/h7-9,11-14,21H,10,15-19H2,1-6H3. The second kappa shape index (κ2) is 12.6. The topological polar surface area (TPSA) is 34.2 Å². The van der Waals surface area contributed by atoms with E-state index in [1.165, 1.54) is 11.1 Å². The molecule has 0 heterocycles. The third kappa shape index (κ3) is 7.31. The largest absolute Gasteiger partial charge is 0.493 e. The van der Waals surface area contributed by atoms with Crippen molar-refractivity contribution in [3.05, 3.63) is 59.2 Å². The van der Waals surface area contributed by atoms with Crippen molar-refractivity contribution in [2.75, 3.05) is 48.1 Å². The molecule has 0 saturated heterocycles. The van der Waals surface area contributed by atoms with E-state index in [0.717, 1.165) is 43.1 Å². The van der Waals surface area contributed by atoms with Crippen LogP contribution < -0.4 is 9.47 Å². The molecule has 0 aliphatic carbocycles. The molecule has 0 fully saturated rings. The number of benzene rings is 2. The average molecular weight is 415 g/mol. The van der Waals surface area contributed by atoms with E-state index in [1.807, 2.05) is 12.1 Å². The van der Waals surface area contributed by atoms with Gasteiger partial charge in [0.05, 0.1) is 20.3 Å². The van der Waals surface area contributed by atoms with Crippen LogP contribution in [0.2, 0.25) is 0 Å². The van der Waals surface area contributed by atoms with E-state index in [2.05, 4.69) is 68.1 Å². The summed E-state index contributed by atoms with van der Waals surface area (Å²) in [7, 11) is 7.61. The predicted molar refractivity (Wildman–Crippen MR) is 123 cm³/mol. The number of hydrogen-bond acceptors (Lipinski definition) is 5. The Balaban J connectivity index is 2.23. The number of nitrogens with zero attached hydrogens (tertiary/aromatic N) is 2. The Morgan fingerprint density at radius 2 is 1.63 bits per heavy atom. The molecule has 2 aromatic rings. The summed E-state index contributed by atoms with van der Waals surface area (Å²) in [6.45, 7) is 8.33. The summed E-state index contributed by atoms with van der Waals surface area (Å²) >= 11 is 0. The minimum absolute atomic E-state index is 0.266. The lowest BCUT2D eigenvalue weighted by atomic mass is 10.1. The molecule has 0 amide bonds. The number of rotatable bonds is 13. The second-order valence-corrected chi connectivity index (χ2v) is 8.09. The first-order valence-electron chi connectivity index (χ1n) is 10.7. The van der Waals surface area contributed by atoms with Crippen molar-refractivity contribution in [1.29, 1.82) is 0 Å². The molecule has 30 heavy (non-hydrogen) atoms. The monoisotopic (exact) mass is 414 g/mol. The molecule has 0 aromatic heterocycles. The van der Waals surface area contributed by atoms with Crippen molar-refractivity contribution in [3.63, 3.8) is 0 Å². The molecule has 5 nitrogen and oxygen atoms in total. The molecule has 0 bridgehead atoms. The van der Waals surface area contributed by atoms with E-state index in [4.69, 9.17) is 14.2 Å². The molecule has 0 radical (unpaired) electrons. The third-order valence-electron chi connectivity index (χ3n) is 5.32. The van der Waals surface area contributed by atoms with Crippen molar-refractivity contribution >= 4 is 0 Å². The van der Waals surface area contributed by atoms with Crippen molar-refractivity contribution in [3.8, 4) is 11.5 Å². The van der Waals surface area contributed by atoms with Gasteiger partial charge in [0, 0.05) is 38.3 Å². The molecule has 1 unspecified atom stereocenters. The Kier molecular flexibility index (Phi) is 10.1. The summed E-state index contributed by atoms with van der Waals surface area (Å²) < 4.78 is 17.3. The minimum atomic E-state index is 0.266. The Morgan fingerprint density at radius 1 is 0.933 bits per heavy atom. The number of para-hydroxylation sites is 1. The van der Waals surface area contributed by atoms with Gasteiger partial charge in [-0.3, -0.25) is 4.90 Å². The van der Waals surface area contributed by atoms with Crippen LogP contribution in [0.15, 0.2) is 42.5 Å². The fraction of sp³-hybridized carbons (Fsp3) is 0.520. The fourth-order valence-electron chi connectivity index (χ4n) is 3.50. The SMILES string of the molecule is COCC(C)N(Cc1ccccc1C)Cc1cccc(OC)c1OCCCN(C)C. The van der Waals surface area contributed by atoms with Gasteiger partial charge >= 0.3 is 0 Å². The molecule has 166 valence electrons. The maximum Gasteiger partial charge on any atom is 0.165 e. The van der Waals surface area contributed by atoms with Crippen LogP contribution in [0.4, 0.5) is 0 Å². The van der Waals surface area contributed by atoms with E-state index in [-0.39, 0.29) is 6.04 Å². The number of aryl methyl sites for hydroxylation is 1. The van der Waals surface area contributed by atoms with Crippen LogP contribution in [0.3, 0.4) is 0 Å². The number of hydrogen-bond donors (Lipinski definition) is 0. The van der Waals surface area contributed by atoms with Gasteiger partial charge in [-0.05, 0) is 51.6 Å². The normalized spacial score (nSPS) is 12.4. The minimum Gasteiger partial charge on any atom is -0.493 e. The Morgan fingerprint density at radius 3 is 2.30 bits per heavy atom. The van der Waals surface area contributed by atoms with E-state index in [1.54, 1.807) is 14.2 Å². The molecular weight excluding hydrogens is 376 g/mol. The van der Waals surface area contributed by atoms with Gasteiger partial charge in [-0.1, -0.05) is 36.4 Å². The molecule has 0 N–H and O–H groups in total. The van der Waals surface area contributed by atoms with Crippen LogP contribution in [-0.4, -0.2) is 63.9 Å². The lowest BCUT2D eigenvalue weighted by Crippen LogP contribution is -2.35. The van der Waals surface area contributed by atoms with E-state index < -0.39 is 0 Å². The van der Waals surface area contributed by atoms with Crippen molar-refractivity contribution in [2.45, 2.75) is 39.4 Å². The molecular formula is C25H38N2O3. The maximum absolute atomic E-state index is 6.21. The molecule has 0 spiro atoms. The van der Waals surface area contributed by atoms with Gasteiger partial charge in [0.25, 0.3) is 0 Å². The zero-order valence-electron chi connectivity index (χ0n) is 19.5. The molecule has 0 aliphatic heterocycles. The number of methoxy groups -OCH3 is 2. The number of ether oxygens (including phenoxy) is 3. The van der Waals surface area contributed by atoms with Crippen LogP contribution in [0, 0.1) is 6.92 Å². The van der Waals surface area contributed by atoms with E-state index in [0.29, 0.717) is 13.2 Å². The molecule has 2 aromatic carbocycles. The van der Waals surface area contributed by atoms with Crippen molar-refractivity contribution in [1.82, 2.24) is 9.80 Å². The zero-order valence-corrected chi connectivity index (χ0v) is 19.5. The molecule has 1 atom stereocenters. The summed E-state index contributed by atoms with van der Waals surface area (Å²) in [6, 6.07) is 15.0. The molecule has 0 saturated carbocycles. The summed E-state index contributed by atoms with van der Waals surface area (Å²) in [5.74, 6) is 1.63. The van der Waals surface area contributed by atoms with Crippen molar-refractivity contribution in [2.24, 2.45) is 0 Å². The highest BCUT2D eigenvalue weighted by molar-refractivity contribution is 5.46. The maximum atomic E-state index is 6.21. The highest BCUT2D eigenvalue weighted by atomic mass is 16.5. The summed E-state index contributed by atoms with van der Waals surface area (Å²) in [5, 5.41) is 0. The van der Waals surface area contributed by atoms with Gasteiger partial charge in [-0.25, -0.2) is 0 Å². The lowest BCUT2D eigenvalue weighted by molar-refractivity contribution is 0.0884. The van der Waals surface area contributed by atoms with Crippen LogP contribution in [0.1, 0.15) is 30.0 Å². The Bertz CT molecular complexity index is 764. The van der Waals surface area contributed by atoms with Crippen LogP contribution in [0.25, 0.3) is 0 Å². The first-order valence-corrected chi connectivity index (χ1v) is 10.7. The second-order valence-electron chi connectivity index (χ2n) is 8.09. The van der Waals surface area contributed by atoms with Gasteiger partial charge in [0.2, 0.25) is 0 Å². The highest BCUT2D eigenvalue weighted by Crippen LogP contribution is 2.33. The smallest absolute Gasteiger partial charge is 0.165 e. The van der Waals surface area contributed by atoms with Crippen LogP contribution in [0.5, 0.6) is 11.5 Å². The third-order valence-corrected chi connectivity index (χ3v) is 5.32. The molecule has 2 rings (SSSR count). The molecule has 5 heteroatoms. The van der Waals surface area contributed by atoms with Gasteiger partial charge in [0.15, 0.2) is 11.5 Å². The predicted octanol–water partition coefficient (Wildman–Crippen LogP) is 4.37. The van der Waals surface area contributed by atoms with Crippen molar-refractivity contribution < 1.29 is 14.2 Å². The average Bonchev–Trinajstić information content (AvgIpc) is 2.72. The lowest BCUT2D eigenvalue weighted by Gasteiger charge is -2.30. The quantitative estimate of drug-likeness (QED) is 0.455. The first-order chi connectivity index (χ1) is 14.5. The van der Waals surface area contributed by atoms with E-state index in [9.17, 15) is 0 Å². The van der Waals surface area contributed by atoms with Gasteiger partial charge < -0.3 is 19.1 Å². The van der Waals surface area contributed by atoms with Gasteiger partial charge in [-0.2, -0.15) is 0 Å². The summed E-state index contributed by atoms with van der Waals surface area (Å²) in [6.07, 6.45) is 0.970. The first kappa shape index (κ1) is 24.2. The van der Waals surface area contributed by atoms with Gasteiger partial charge in [-0.15, -0.1) is 0 Å². The van der Waals surface area contributed by atoms with Crippen LogP contribution in [-0.2, 0) is 17.8 Å². The summed E-state index contributed by atoms with van der Waals surface area (Å²) in [4.78, 5) is 4.61. The fourth-order valence-corrected chi connectivity index (χ4v) is 3.50. The Labute approximate surface area is 182 Å². The van der Waals surface area contributed by atoms with Gasteiger partial charge in [0.1, 0.15) is 0 Å². The zero-order chi connectivity index (χ0) is 21.9. The highest BCUT2D eigenvalue weighted by Gasteiger charge is 2.19. The Hall–Kier alpha value is -2.08. The summed E-state index contributed by atoms with van der Waals surface area (Å²) in [5.41, 5.74) is 3.77. The molecule has 0 aliphatic rings. The van der Waals surface area contributed by atoms with E-state index >= 15 is 0 Å². The van der Waals surface area contributed by atoms with Crippen LogP contribution >= 0.6 is 0 Å².